The first-order valence-electron chi connectivity index (χ1n) is 10.6. The monoisotopic (exact) mass is 485 g/mol. The van der Waals surface area contributed by atoms with Gasteiger partial charge in [-0.25, -0.2) is 4.39 Å². The molecule has 0 N–H and O–H groups in total. The Bertz CT molecular complexity index is 1590. The lowest BCUT2D eigenvalue weighted by Gasteiger charge is -2.11. The molecule has 8 heteroatoms. The fourth-order valence-electron chi connectivity index (χ4n) is 3.69. The first-order valence-corrected chi connectivity index (χ1v) is 11.4. The predicted molar refractivity (Wildman–Crippen MR) is 131 cm³/mol. The quantitative estimate of drug-likeness (QED) is 0.273. The van der Waals surface area contributed by atoms with Gasteiger partial charge in [0.05, 0.1) is 16.8 Å². The number of ketones is 1. The van der Waals surface area contributed by atoms with Gasteiger partial charge in [0.15, 0.2) is 11.2 Å². The molecule has 5 rings (SSSR count). The molecule has 0 spiro atoms. The molecule has 1 saturated heterocycles. The maximum absolute atomic E-state index is 13.1. The Kier molecular flexibility index (Phi) is 5.88. The third-order valence-corrected chi connectivity index (χ3v) is 6.35. The molecular formula is C27H16FNO5S. The van der Waals surface area contributed by atoms with Crippen molar-refractivity contribution in [3.05, 3.63) is 111 Å². The van der Waals surface area contributed by atoms with Crippen molar-refractivity contribution in [3.8, 4) is 11.3 Å². The molecule has 0 saturated carbocycles. The van der Waals surface area contributed by atoms with E-state index in [0.29, 0.717) is 27.9 Å². The van der Waals surface area contributed by atoms with E-state index >= 15 is 0 Å². The van der Waals surface area contributed by atoms with Crippen molar-refractivity contribution in [1.82, 2.24) is 4.90 Å². The minimum atomic E-state index is -0.585. The van der Waals surface area contributed by atoms with E-state index in [1.165, 1.54) is 18.2 Å². The molecule has 2 amide bonds. The van der Waals surface area contributed by atoms with Gasteiger partial charge >= 0.3 is 0 Å². The highest BCUT2D eigenvalue weighted by Crippen LogP contribution is 2.33. The van der Waals surface area contributed by atoms with Crippen molar-refractivity contribution < 1.29 is 23.2 Å². The number of para-hydroxylation sites is 1. The van der Waals surface area contributed by atoms with E-state index in [1.54, 1.807) is 54.6 Å². The first-order chi connectivity index (χ1) is 16.9. The second-order valence-electron chi connectivity index (χ2n) is 7.79. The summed E-state index contributed by atoms with van der Waals surface area (Å²) < 4.78 is 19.0. The number of thioether (sulfide) groups is 1. The summed E-state index contributed by atoms with van der Waals surface area (Å²) in [6.45, 7) is -0.435. The van der Waals surface area contributed by atoms with Gasteiger partial charge in [0.2, 0.25) is 0 Å². The topological polar surface area (TPSA) is 84.7 Å². The number of rotatable bonds is 5. The number of hydrogen-bond acceptors (Lipinski definition) is 6. The Hall–Kier alpha value is -4.30. The molecule has 3 aromatic carbocycles. The number of halogens is 1. The maximum atomic E-state index is 13.1. The highest BCUT2D eigenvalue weighted by molar-refractivity contribution is 8.18. The summed E-state index contributed by atoms with van der Waals surface area (Å²) in [7, 11) is 0. The number of hydrogen-bond donors (Lipinski definition) is 0. The van der Waals surface area contributed by atoms with E-state index in [9.17, 15) is 23.6 Å². The molecule has 0 unspecified atom stereocenters. The summed E-state index contributed by atoms with van der Waals surface area (Å²) in [5.74, 6) is -1.16. The van der Waals surface area contributed by atoms with Crippen molar-refractivity contribution in [2.45, 2.75) is 0 Å². The van der Waals surface area contributed by atoms with E-state index in [-0.39, 0.29) is 15.9 Å². The van der Waals surface area contributed by atoms with Gasteiger partial charge < -0.3 is 4.42 Å². The minimum Gasteiger partial charge on any atom is -0.456 e. The summed E-state index contributed by atoms with van der Waals surface area (Å²) in [4.78, 5) is 51.2. The standard InChI is InChI=1S/C27H16FNO5S/c28-19-10-8-17(9-11-19)22(31)15-29-26(32)25(35-27(29)33)13-16-4-3-5-18(12-16)24-14-21(30)20-6-1-2-7-23(20)34-24/h1-14H,15H2/b25-13-. The van der Waals surface area contributed by atoms with Crippen molar-refractivity contribution in [1.29, 1.82) is 0 Å². The lowest BCUT2D eigenvalue weighted by Crippen LogP contribution is -2.33. The van der Waals surface area contributed by atoms with Gasteiger partial charge in [0, 0.05) is 17.2 Å². The maximum Gasteiger partial charge on any atom is 0.293 e. The Labute approximate surface area is 202 Å². The number of imide groups is 1. The van der Waals surface area contributed by atoms with Crippen molar-refractivity contribution >= 4 is 45.7 Å². The van der Waals surface area contributed by atoms with Crippen LogP contribution in [0.15, 0.2) is 93.0 Å². The lowest BCUT2D eigenvalue weighted by molar-refractivity contribution is -0.122. The average Bonchev–Trinajstić information content (AvgIpc) is 3.12. The van der Waals surface area contributed by atoms with Crippen LogP contribution in [0, 0.1) is 5.82 Å². The molecular weight excluding hydrogens is 469 g/mol. The second-order valence-corrected chi connectivity index (χ2v) is 8.79. The summed E-state index contributed by atoms with van der Waals surface area (Å²) in [5, 5.41) is -0.0790. The van der Waals surface area contributed by atoms with Crippen LogP contribution < -0.4 is 5.43 Å². The molecule has 0 bridgehead atoms. The molecule has 1 aromatic heterocycles. The Balaban J connectivity index is 1.39. The number of fused-ring (bicyclic) bond motifs is 1. The summed E-state index contributed by atoms with van der Waals surface area (Å²) in [5.41, 5.74) is 1.76. The Morgan fingerprint density at radius 2 is 1.71 bits per heavy atom. The Morgan fingerprint density at radius 3 is 2.51 bits per heavy atom. The van der Waals surface area contributed by atoms with Crippen LogP contribution in [-0.2, 0) is 4.79 Å². The van der Waals surface area contributed by atoms with E-state index in [1.807, 2.05) is 0 Å². The molecule has 172 valence electrons. The zero-order chi connectivity index (χ0) is 24.5. The first kappa shape index (κ1) is 22.5. The van der Waals surface area contributed by atoms with Crippen LogP contribution in [0.25, 0.3) is 28.4 Å². The third-order valence-electron chi connectivity index (χ3n) is 5.45. The molecule has 6 nitrogen and oxygen atoms in total. The largest absolute Gasteiger partial charge is 0.456 e. The molecule has 35 heavy (non-hydrogen) atoms. The van der Waals surface area contributed by atoms with Gasteiger partial charge in [-0.05, 0) is 65.9 Å². The zero-order valence-corrected chi connectivity index (χ0v) is 18.9. The van der Waals surface area contributed by atoms with Crippen LogP contribution in [0.5, 0.6) is 0 Å². The number of nitrogens with zero attached hydrogens (tertiary/aromatic N) is 1. The molecule has 4 aromatic rings. The van der Waals surface area contributed by atoms with Gasteiger partial charge in [-0.3, -0.25) is 24.1 Å². The fraction of sp³-hybridized carbons (Fsp3) is 0.0370. The SMILES string of the molecule is O=C(CN1C(=O)S/C(=C\c2cccc(-c3cc(=O)c4ccccc4o3)c2)C1=O)c1ccc(F)cc1. The number of carbonyl (C=O) groups excluding carboxylic acids is 3. The number of amides is 2. The molecule has 2 heterocycles. The van der Waals surface area contributed by atoms with E-state index in [0.717, 1.165) is 28.8 Å². The van der Waals surface area contributed by atoms with E-state index in [4.69, 9.17) is 4.42 Å². The highest BCUT2D eigenvalue weighted by Gasteiger charge is 2.36. The number of carbonyl (C=O) groups is 3. The van der Waals surface area contributed by atoms with E-state index < -0.39 is 29.3 Å². The van der Waals surface area contributed by atoms with E-state index in [2.05, 4.69) is 0 Å². The molecule has 0 aliphatic carbocycles. The van der Waals surface area contributed by atoms with Gasteiger partial charge in [0.1, 0.15) is 17.2 Å². The third kappa shape index (κ3) is 4.56. The second kappa shape index (κ2) is 9.15. The number of Topliss-reactive ketones (excluding diaryl/α,β-unsaturated/α-hetero) is 1. The smallest absolute Gasteiger partial charge is 0.293 e. The van der Waals surface area contributed by atoms with Gasteiger partial charge in [-0.15, -0.1) is 0 Å². The van der Waals surface area contributed by atoms with Crippen molar-refractivity contribution in [2.75, 3.05) is 6.54 Å². The van der Waals surface area contributed by atoms with Gasteiger partial charge in [0.25, 0.3) is 11.1 Å². The molecule has 0 atom stereocenters. The molecule has 1 fully saturated rings. The van der Waals surface area contributed by atoms with Crippen LogP contribution in [-0.4, -0.2) is 28.4 Å². The molecule has 1 aliphatic heterocycles. The lowest BCUT2D eigenvalue weighted by atomic mass is 10.1. The summed E-state index contributed by atoms with van der Waals surface area (Å²) in [6.07, 6.45) is 1.55. The van der Waals surface area contributed by atoms with Crippen molar-refractivity contribution in [3.63, 3.8) is 0 Å². The van der Waals surface area contributed by atoms with Crippen LogP contribution in [0.1, 0.15) is 15.9 Å². The highest BCUT2D eigenvalue weighted by atomic mass is 32.2. The Morgan fingerprint density at radius 1 is 0.943 bits per heavy atom. The minimum absolute atomic E-state index is 0.166. The summed E-state index contributed by atoms with van der Waals surface area (Å²) >= 11 is 0.735. The molecule has 0 radical (unpaired) electrons. The normalized spacial score (nSPS) is 14.8. The van der Waals surface area contributed by atoms with Crippen LogP contribution >= 0.6 is 11.8 Å². The van der Waals surface area contributed by atoms with Crippen LogP contribution in [0.3, 0.4) is 0 Å². The summed E-state index contributed by atoms with van der Waals surface area (Å²) in [6, 6.07) is 20.3. The van der Waals surface area contributed by atoms with Crippen LogP contribution in [0.4, 0.5) is 9.18 Å². The van der Waals surface area contributed by atoms with Crippen LogP contribution in [0.2, 0.25) is 0 Å². The van der Waals surface area contributed by atoms with Crippen molar-refractivity contribution in [2.24, 2.45) is 0 Å². The van der Waals surface area contributed by atoms with Gasteiger partial charge in [-0.2, -0.15) is 0 Å². The zero-order valence-electron chi connectivity index (χ0n) is 18.1. The number of benzene rings is 3. The predicted octanol–water partition coefficient (Wildman–Crippen LogP) is 5.52. The molecule has 1 aliphatic rings. The fourth-order valence-corrected chi connectivity index (χ4v) is 4.52. The average molecular weight is 485 g/mol. The van der Waals surface area contributed by atoms with Gasteiger partial charge in [-0.1, -0.05) is 30.3 Å².